The number of hydrogen-bond donors (Lipinski definition) is 1. The fourth-order valence-electron chi connectivity index (χ4n) is 2.46. The monoisotopic (exact) mass is 345 g/mol. The van der Waals surface area contributed by atoms with Gasteiger partial charge >= 0.3 is 0 Å². The Balaban J connectivity index is 1.87. The first-order valence-corrected chi connectivity index (χ1v) is 8.56. The van der Waals surface area contributed by atoms with Crippen LogP contribution in [0, 0.1) is 0 Å². The van der Waals surface area contributed by atoms with Crippen molar-refractivity contribution in [3.05, 3.63) is 64.1 Å². The van der Waals surface area contributed by atoms with Crippen molar-refractivity contribution >= 4 is 21.6 Å². The lowest BCUT2D eigenvalue weighted by molar-refractivity contribution is 0.787. The molecule has 2 rings (SSSR count). The summed E-state index contributed by atoms with van der Waals surface area (Å²) in [4.78, 5) is 0. The number of aryl methyl sites for hydroxylation is 1. The molecule has 112 valence electrons. The summed E-state index contributed by atoms with van der Waals surface area (Å²) in [6.07, 6.45) is 4.74. The van der Waals surface area contributed by atoms with Crippen LogP contribution in [0.15, 0.2) is 53.0 Å². The summed E-state index contributed by atoms with van der Waals surface area (Å²) in [5.74, 6) is 0. The predicted octanol–water partition coefficient (Wildman–Crippen LogP) is 5.83. The van der Waals surface area contributed by atoms with Gasteiger partial charge in [0, 0.05) is 16.2 Å². The fourth-order valence-corrected chi connectivity index (χ4v) is 2.72. The van der Waals surface area contributed by atoms with Crippen LogP contribution in [0.5, 0.6) is 0 Å². The number of hydrogen-bond acceptors (Lipinski definition) is 1. The van der Waals surface area contributed by atoms with Gasteiger partial charge in [0.2, 0.25) is 0 Å². The minimum absolute atomic E-state index is 0.424. The smallest absolute Gasteiger partial charge is 0.0342 e. The molecule has 0 radical (unpaired) electrons. The third-order valence-corrected chi connectivity index (χ3v) is 4.17. The molecule has 0 aliphatic carbocycles. The zero-order chi connectivity index (χ0) is 15.1. The van der Waals surface area contributed by atoms with Crippen LogP contribution >= 0.6 is 15.9 Å². The van der Waals surface area contributed by atoms with Gasteiger partial charge in [-0.1, -0.05) is 53.5 Å². The Hall–Kier alpha value is -1.28. The maximum absolute atomic E-state index is 3.58. The van der Waals surface area contributed by atoms with Crippen molar-refractivity contribution in [2.45, 2.75) is 45.6 Å². The van der Waals surface area contributed by atoms with Crippen molar-refractivity contribution in [3.63, 3.8) is 0 Å². The zero-order valence-electron chi connectivity index (χ0n) is 12.9. The Morgan fingerprint density at radius 2 is 1.57 bits per heavy atom. The van der Waals surface area contributed by atoms with E-state index in [0.29, 0.717) is 6.04 Å². The normalized spacial score (nSPS) is 12.1. The van der Waals surface area contributed by atoms with Crippen LogP contribution in [0.4, 0.5) is 5.69 Å². The molecule has 0 bridgehead atoms. The molecule has 1 unspecified atom stereocenters. The average Bonchev–Trinajstić information content (AvgIpc) is 2.49. The molecule has 21 heavy (non-hydrogen) atoms. The van der Waals surface area contributed by atoms with Crippen LogP contribution in [0.3, 0.4) is 0 Å². The van der Waals surface area contributed by atoms with Gasteiger partial charge < -0.3 is 5.32 Å². The topological polar surface area (TPSA) is 12.0 Å². The summed E-state index contributed by atoms with van der Waals surface area (Å²) >= 11 is 3.47. The van der Waals surface area contributed by atoms with Crippen molar-refractivity contribution in [1.29, 1.82) is 0 Å². The second-order valence-electron chi connectivity index (χ2n) is 5.68. The summed E-state index contributed by atoms with van der Waals surface area (Å²) in [7, 11) is 0. The van der Waals surface area contributed by atoms with Crippen LogP contribution in [0.1, 0.15) is 37.8 Å². The third-order valence-electron chi connectivity index (χ3n) is 3.64. The van der Waals surface area contributed by atoms with Crippen LogP contribution in [0.2, 0.25) is 0 Å². The molecule has 2 heteroatoms. The van der Waals surface area contributed by atoms with Gasteiger partial charge in [-0.15, -0.1) is 0 Å². The summed E-state index contributed by atoms with van der Waals surface area (Å²) in [5.41, 5.74) is 4.00. The van der Waals surface area contributed by atoms with Gasteiger partial charge in [-0.25, -0.2) is 0 Å². The van der Waals surface area contributed by atoms with Gasteiger partial charge in [0.15, 0.2) is 0 Å². The van der Waals surface area contributed by atoms with Crippen LogP contribution < -0.4 is 5.32 Å². The lowest BCUT2D eigenvalue weighted by atomic mass is 10.1. The second-order valence-corrected chi connectivity index (χ2v) is 6.59. The molecule has 1 N–H and O–H groups in total. The van der Waals surface area contributed by atoms with E-state index in [9.17, 15) is 0 Å². The zero-order valence-corrected chi connectivity index (χ0v) is 14.5. The van der Waals surface area contributed by atoms with E-state index in [-0.39, 0.29) is 0 Å². The molecule has 0 spiro atoms. The number of unbranched alkanes of at least 4 members (excludes halogenated alkanes) is 1. The maximum Gasteiger partial charge on any atom is 0.0342 e. The molecule has 0 saturated carbocycles. The van der Waals surface area contributed by atoms with Crippen molar-refractivity contribution in [1.82, 2.24) is 0 Å². The standard InChI is InChI=1S/C19H24BrN/c1-3-4-5-16-8-12-19(13-9-16)21-15(2)14-17-6-10-18(20)11-7-17/h6-13,15,21H,3-5,14H2,1-2H3. The molecule has 1 atom stereocenters. The van der Waals surface area contributed by atoms with Gasteiger partial charge in [-0.05, 0) is 61.6 Å². The van der Waals surface area contributed by atoms with Crippen molar-refractivity contribution in [3.8, 4) is 0 Å². The summed E-state index contributed by atoms with van der Waals surface area (Å²) in [5, 5.41) is 3.58. The fraction of sp³-hybridized carbons (Fsp3) is 0.368. The van der Waals surface area contributed by atoms with Crippen molar-refractivity contribution < 1.29 is 0 Å². The van der Waals surface area contributed by atoms with E-state index in [0.717, 1.165) is 10.9 Å². The number of nitrogens with one attached hydrogen (secondary N) is 1. The number of benzene rings is 2. The van der Waals surface area contributed by atoms with E-state index in [1.54, 1.807) is 0 Å². The summed E-state index contributed by atoms with van der Waals surface area (Å²) in [6, 6.07) is 17.9. The minimum atomic E-state index is 0.424. The van der Waals surface area contributed by atoms with Gasteiger partial charge in [0.05, 0.1) is 0 Å². The molecular formula is C19H24BrN. The van der Waals surface area contributed by atoms with Crippen molar-refractivity contribution in [2.75, 3.05) is 5.32 Å². The largest absolute Gasteiger partial charge is 0.382 e. The van der Waals surface area contributed by atoms with Gasteiger partial charge in [-0.2, -0.15) is 0 Å². The SMILES string of the molecule is CCCCc1ccc(NC(C)Cc2ccc(Br)cc2)cc1. The summed E-state index contributed by atoms with van der Waals surface area (Å²) < 4.78 is 1.13. The highest BCUT2D eigenvalue weighted by atomic mass is 79.9. The lowest BCUT2D eigenvalue weighted by Gasteiger charge is -2.16. The Labute approximate surface area is 136 Å². The molecule has 0 amide bonds. The highest BCUT2D eigenvalue weighted by Gasteiger charge is 2.04. The van der Waals surface area contributed by atoms with E-state index < -0.39 is 0 Å². The molecule has 0 aromatic heterocycles. The van der Waals surface area contributed by atoms with E-state index >= 15 is 0 Å². The Kier molecular flexibility index (Phi) is 6.31. The number of rotatable bonds is 7. The van der Waals surface area contributed by atoms with Crippen molar-refractivity contribution in [2.24, 2.45) is 0 Å². The van der Waals surface area contributed by atoms with Gasteiger partial charge in [0.25, 0.3) is 0 Å². The summed E-state index contributed by atoms with van der Waals surface area (Å²) in [6.45, 7) is 4.47. The first-order valence-electron chi connectivity index (χ1n) is 7.77. The quantitative estimate of drug-likeness (QED) is 0.665. The Morgan fingerprint density at radius 1 is 0.952 bits per heavy atom. The molecule has 0 aliphatic rings. The molecule has 0 fully saturated rings. The molecule has 0 saturated heterocycles. The van der Waals surface area contributed by atoms with E-state index in [1.807, 2.05) is 0 Å². The molecule has 0 heterocycles. The first-order chi connectivity index (χ1) is 10.2. The van der Waals surface area contributed by atoms with Crippen LogP contribution in [0.25, 0.3) is 0 Å². The average molecular weight is 346 g/mol. The van der Waals surface area contributed by atoms with Gasteiger partial charge in [-0.3, -0.25) is 0 Å². The van der Waals surface area contributed by atoms with Crippen LogP contribution in [-0.2, 0) is 12.8 Å². The van der Waals surface area contributed by atoms with Crippen LogP contribution in [-0.4, -0.2) is 6.04 Å². The predicted molar refractivity (Wildman–Crippen MR) is 96.0 cm³/mol. The molecule has 0 aliphatic heterocycles. The molecular weight excluding hydrogens is 322 g/mol. The lowest BCUT2D eigenvalue weighted by Crippen LogP contribution is -2.17. The first kappa shape index (κ1) is 16.1. The minimum Gasteiger partial charge on any atom is -0.382 e. The Morgan fingerprint density at radius 3 is 2.19 bits per heavy atom. The number of anilines is 1. The van der Waals surface area contributed by atoms with E-state index in [2.05, 4.69) is 83.6 Å². The van der Waals surface area contributed by atoms with E-state index in [4.69, 9.17) is 0 Å². The highest BCUT2D eigenvalue weighted by Crippen LogP contribution is 2.16. The van der Waals surface area contributed by atoms with E-state index in [1.165, 1.54) is 36.1 Å². The second kappa shape index (κ2) is 8.23. The molecule has 2 aromatic rings. The third kappa shape index (κ3) is 5.55. The number of halogens is 1. The Bertz CT molecular complexity index is 530. The highest BCUT2D eigenvalue weighted by molar-refractivity contribution is 9.10. The van der Waals surface area contributed by atoms with Gasteiger partial charge in [0.1, 0.15) is 0 Å². The molecule has 2 aromatic carbocycles. The molecule has 1 nitrogen and oxygen atoms in total. The maximum atomic E-state index is 3.58.